The molecule has 0 saturated carbocycles. The molecule has 1 aromatic carbocycles. The maximum absolute atomic E-state index is 11.2. The van der Waals surface area contributed by atoms with Gasteiger partial charge in [0.25, 0.3) is 0 Å². The number of hydrogen-bond acceptors (Lipinski definition) is 2. The van der Waals surface area contributed by atoms with Gasteiger partial charge in [-0.2, -0.15) is 0 Å². The predicted molar refractivity (Wildman–Crippen MR) is 42.0 cm³/mol. The second-order valence-corrected chi connectivity index (χ2v) is 5.01. The van der Waals surface area contributed by atoms with Gasteiger partial charge in [-0.05, 0) is 0 Å². The molecule has 1 aromatic rings. The molecule has 1 heterocycles. The van der Waals surface area contributed by atoms with E-state index < -0.39 is 14.2 Å². The van der Waals surface area contributed by atoms with Crippen molar-refractivity contribution in [1.29, 1.82) is 0 Å². The minimum atomic E-state index is -2.09. The molecule has 0 saturated heterocycles. The molecular weight excluding hydrogens is 207 g/mol. The van der Waals surface area contributed by atoms with E-state index in [4.69, 9.17) is 3.82 Å². The molecule has 11 heavy (non-hydrogen) atoms. The monoisotopic (exact) mass is 216 g/mol. The Morgan fingerprint density at radius 3 is 3.18 bits per heavy atom. The van der Waals surface area contributed by atoms with Crippen molar-refractivity contribution in [3.05, 3.63) is 29.3 Å². The Labute approximate surface area is 69.6 Å². The van der Waals surface area contributed by atoms with E-state index in [0.717, 1.165) is 10.0 Å². The molecule has 1 atom stereocenters. The number of hydrogen-bond donors (Lipinski definition) is 0. The van der Waals surface area contributed by atoms with E-state index in [2.05, 4.69) is 0 Å². The molecule has 1 aliphatic rings. The minimum absolute atomic E-state index is 0.533. The van der Waals surface area contributed by atoms with Crippen molar-refractivity contribution < 1.29 is 7.65 Å². The first-order chi connectivity index (χ1) is 5.27. The second-order valence-electron chi connectivity index (χ2n) is 2.61. The van der Waals surface area contributed by atoms with Crippen LogP contribution >= 0.6 is 0 Å². The Morgan fingerprint density at radius 1 is 1.55 bits per heavy atom. The van der Waals surface area contributed by atoms with E-state index >= 15 is 0 Å². The summed E-state index contributed by atoms with van der Waals surface area (Å²) in [5.41, 5.74) is 2.30. The van der Waals surface area contributed by atoms with Crippen LogP contribution in [0.2, 0.25) is 0 Å². The fourth-order valence-electron chi connectivity index (χ4n) is 1.16. The quantitative estimate of drug-likeness (QED) is 0.594. The molecule has 0 radical (unpaired) electrons. The van der Waals surface area contributed by atoms with Crippen LogP contribution in [0.5, 0.6) is 0 Å². The number of benzene rings is 1. The summed E-state index contributed by atoms with van der Waals surface area (Å²) in [6.45, 7) is 2.56. The topological polar surface area (TPSA) is 26.3 Å². The molecular formula is C8H8O2Se. The van der Waals surface area contributed by atoms with Crippen molar-refractivity contribution in [1.82, 2.24) is 0 Å². The molecule has 0 spiro atoms. The summed E-state index contributed by atoms with van der Waals surface area (Å²) in [6.07, 6.45) is 0. The summed E-state index contributed by atoms with van der Waals surface area (Å²) >= 11 is -2.09. The van der Waals surface area contributed by atoms with Crippen molar-refractivity contribution in [2.75, 3.05) is 0 Å². The molecule has 58 valence electrons. The zero-order chi connectivity index (χ0) is 7.84. The summed E-state index contributed by atoms with van der Waals surface area (Å²) in [4.78, 5) is 0. The van der Waals surface area contributed by atoms with Crippen LogP contribution in [0, 0.1) is 6.92 Å². The van der Waals surface area contributed by atoms with Crippen LogP contribution in [0.15, 0.2) is 18.2 Å². The van der Waals surface area contributed by atoms with E-state index in [1.165, 1.54) is 5.56 Å². The fourth-order valence-corrected chi connectivity index (χ4v) is 2.99. The van der Waals surface area contributed by atoms with Gasteiger partial charge in [0.15, 0.2) is 0 Å². The van der Waals surface area contributed by atoms with E-state index in [1.807, 2.05) is 25.1 Å². The molecule has 1 unspecified atom stereocenters. The molecule has 0 N–H and O–H groups in total. The molecule has 0 aromatic heterocycles. The summed E-state index contributed by atoms with van der Waals surface area (Å²) in [7, 11) is 0. The number of rotatable bonds is 0. The van der Waals surface area contributed by atoms with Crippen LogP contribution in [0.1, 0.15) is 11.1 Å². The number of fused-ring (bicyclic) bond motifs is 1. The first kappa shape index (κ1) is 7.16. The third kappa shape index (κ3) is 1.16. The van der Waals surface area contributed by atoms with Gasteiger partial charge in [0.2, 0.25) is 0 Å². The molecule has 2 nitrogen and oxygen atoms in total. The predicted octanol–water partition coefficient (Wildman–Crippen LogP) is 0.651. The van der Waals surface area contributed by atoms with Gasteiger partial charge in [0, 0.05) is 0 Å². The maximum atomic E-state index is 11.2. The van der Waals surface area contributed by atoms with E-state index in [0.29, 0.717) is 6.61 Å². The molecule has 2 rings (SSSR count). The molecule has 1 aliphatic heterocycles. The van der Waals surface area contributed by atoms with Crippen LogP contribution in [0.25, 0.3) is 0 Å². The van der Waals surface area contributed by atoms with Gasteiger partial charge in [-0.1, -0.05) is 0 Å². The molecule has 3 heteroatoms. The van der Waals surface area contributed by atoms with Gasteiger partial charge >= 0.3 is 69.1 Å². The fraction of sp³-hybridized carbons (Fsp3) is 0.250. The van der Waals surface area contributed by atoms with Crippen molar-refractivity contribution in [2.45, 2.75) is 13.5 Å². The average molecular weight is 215 g/mol. The van der Waals surface area contributed by atoms with Crippen molar-refractivity contribution in [3.63, 3.8) is 0 Å². The van der Waals surface area contributed by atoms with Crippen LogP contribution in [-0.2, 0) is 14.3 Å². The third-order valence-electron chi connectivity index (χ3n) is 1.72. The summed E-state index contributed by atoms with van der Waals surface area (Å²) in [6, 6.07) is 5.92. The van der Waals surface area contributed by atoms with Crippen molar-refractivity contribution >= 4 is 18.6 Å². The van der Waals surface area contributed by atoms with Gasteiger partial charge in [-0.3, -0.25) is 0 Å². The number of aryl methyl sites for hydroxylation is 1. The molecule has 0 amide bonds. The average Bonchev–Trinajstić information content (AvgIpc) is 2.32. The van der Waals surface area contributed by atoms with Crippen molar-refractivity contribution in [3.8, 4) is 0 Å². The Morgan fingerprint density at radius 2 is 2.36 bits per heavy atom. The van der Waals surface area contributed by atoms with E-state index in [-0.39, 0.29) is 0 Å². The first-order valence-electron chi connectivity index (χ1n) is 3.42. The van der Waals surface area contributed by atoms with E-state index in [1.54, 1.807) is 0 Å². The molecule has 0 aliphatic carbocycles. The summed E-state index contributed by atoms with van der Waals surface area (Å²) in [5.74, 6) is 0. The van der Waals surface area contributed by atoms with Gasteiger partial charge in [-0.25, -0.2) is 0 Å². The van der Waals surface area contributed by atoms with Gasteiger partial charge in [-0.15, -0.1) is 0 Å². The Kier molecular flexibility index (Phi) is 1.64. The van der Waals surface area contributed by atoms with Crippen LogP contribution in [0.3, 0.4) is 0 Å². The van der Waals surface area contributed by atoms with Crippen molar-refractivity contribution in [2.24, 2.45) is 0 Å². The van der Waals surface area contributed by atoms with Gasteiger partial charge in [0.05, 0.1) is 0 Å². The Balaban J connectivity index is 2.59. The molecule has 0 bridgehead atoms. The summed E-state index contributed by atoms with van der Waals surface area (Å²) in [5, 5.41) is 0. The second kappa shape index (κ2) is 2.52. The zero-order valence-corrected chi connectivity index (χ0v) is 7.88. The molecule has 0 fully saturated rings. The van der Waals surface area contributed by atoms with Crippen LogP contribution in [0.4, 0.5) is 0 Å². The Bertz CT molecular complexity index is 320. The van der Waals surface area contributed by atoms with Crippen LogP contribution < -0.4 is 4.46 Å². The third-order valence-corrected chi connectivity index (χ3v) is 4.00. The van der Waals surface area contributed by atoms with Gasteiger partial charge < -0.3 is 0 Å². The zero-order valence-electron chi connectivity index (χ0n) is 6.16. The normalized spacial score (nSPS) is 21.7. The SMILES string of the molecule is Cc1ccc2c(c1)CO[Se]2=O. The first-order valence-corrected chi connectivity index (χ1v) is 5.67. The van der Waals surface area contributed by atoms with Gasteiger partial charge in [0.1, 0.15) is 0 Å². The standard InChI is InChI=1S/C8H8O2Se/c1-6-2-3-8-7(4-6)5-10-11(8)9/h2-4H,5H2,1H3. The summed E-state index contributed by atoms with van der Waals surface area (Å²) < 4.78 is 17.1. The van der Waals surface area contributed by atoms with E-state index in [9.17, 15) is 3.83 Å². The van der Waals surface area contributed by atoms with Crippen LogP contribution in [-0.4, -0.2) is 14.2 Å². The Hall–Kier alpha value is -0.501.